The van der Waals surface area contributed by atoms with Crippen LogP contribution in [0.5, 0.6) is 0 Å². The lowest BCUT2D eigenvalue weighted by molar-refractivity contribution is 0.323. The average Bonchev–Trinajstić information content (AvgIpc) is 3.09. The second-order valence-corrected chi connectivity index (χ2v) is 5.36. The lowest BCUT2D eigenvalue weighted by atomic mass is 10.4. The van der Waals surface area contributed by atoms with Gasteiger partial charge in [0, 0.05) is 27.2 Å². The minimum Gasteiger partial charge on any atom is -0.315 e. The second kappa shape index (κ2) is 4.90. The second-order valence-electron chi connectivity index (χ2n) is 5.36. The Kier molecular flexibility index (Phi) is 3.21. The van der Waals surface area contributed by atoms with Crippen molar-refractivity contribution in [3.8, 4) is 0 Å². The maximum atomic E-state index is 12.0. The Hall–Kier alpha value is -1.89. The van der Waals surface area contributed by atoms with Crippen molar-refractivity contribution in [1.82, 2.24) is 23.6 Å². The SMILES string of the molecule is Cn1c(=O)c2ncn(CCN3CCCC3)c2n(C)c1=O. The summed E-state index contributed by atoms with van der Waals surface area (Å²) in [5.74, 6) is 0. The third kappa shape index (κ3) is 1.98. The molecule has 1 aliphatic heterocycles. The molecule has 0 atom stereocenters. The molecule has 1 aliphatic rings. The van der Waals surface area contributed by atoms with Crippen LogP contribution in [0.1, 0.15) is 12.8 Å². The standard InChI is InChI=1S/C13H19N5O2/c1-15-11-10(12(19)16(2)13(15)20)14-9-18(11)8-7-17-5-3-4-6-17/h9H,3-8H2,1-2H3. The van der Waals surface area contributed by atoms with Crippen LogP contribution in [0, 0.1) is 0 Å². The van der Waals surface area contributed by atoms with Gasteiger partial charge in [0.2, 0.25) is 0 Å². The molecule has 1 fully saturated rings. The van der Waals surface area contributed by atoms with Gasteiger partial charge >= 0.3 is 5.69 Å². The highest BCUT2D eigenvalue weighted by molar-refractivity contribution is 5.69. The Morgan fingerprint density at radius 1 is 1.10 bits per heavy atom. The fourth-order valence-electron chi connectivity index (χ4n) is 2.86. The minimum absolute atomic E-state index is 0.314. The zero-order valence-corrected chi connectivity index (χ0v) is 11.9. The largest absolute Gasteiger partial charge is 0.332 e. The van der Waals surface area contributed by atoms with Gasteiger partial charge in [0.25, 0.3) is 5.56 Å². The summed E-state index contributed by atoms with van der Waals surface area (Å²) in [4.78, 5) is 30.6. The van der Waals surface area contributed by atoms with Crippen LogP contribution in [0.3, 0.4) is 0 Å². The van der Waals surface area contributed by atoms with E-state index >= 15 is 0 Å². The maximum absolute atomic E-state index is 12.0. The number of aromatic nitrogens is 4. The Bertz CT molecular complexity index is 748. The first-order chi connectivity index (χ1) is 9.59. The van der Waals surface area contributed by atoms with Crippen molar-refractivity contribution in [3.63, 3.8) is 0 Å². The summed E-state index contributed by atoms with van der Waals surface area (Å²) in [5.41, 5.74) is 0.321. The molecule has 0 unspecified atom stereocenters. The summed E-state index contributed by atoms with van der Waals surface area (Å²) in [7, 11) is 3.16. The van der Waals surface area contributed by atoms with Crippen molar-refractivity contribution >= 4 is 11.2 Å². The van der Waals surface area contributed by atoms with Gasteiger partial charge < -0.3 is 9.47 Å². The van der Waals surface area contributed by atoms with E-state index in [1.807, 2.05) is 4.57 Å². The molecule has 0 radical (unpaired) electrons. The highest BCUT2D eigenvalue weighted by Gasteiger charge is 2.15. The lowest BCUT2D eigenvalue weighted by Gasteiger charge is -2.15. The number of likely N-dealkylation sites (tertiary alicyclic amines) is 1. The van der Waals surface area contributed by atoms with Crippen LogP contribution in [0.2, 0.25) is 0 Å². The zero-order chi connectivity index (χ0) is 14.3. The van der Waals surface area contributed by atoms with Gasteiger partial charge in [0.15, 0.2) is 5.52 Å². The summed E-state index contributed by atoms with van der Waals surface area (Å²) < 4.78 is 4.49. The van der Waals surface area contributed by atoms with Gasteiger partial charge in [0.1, 0.15) is 5.65 Å². The monoisotopic (exact) mass is 277 g/mol. The molecule has 0 spiro atoms. The fourth-order valence-corrected chi connectivity index (χ4v) is 2.86. The van der Waals surface area contributed by atoms with E-state index in [0.29, 0.717) is 11.2 Å². The molecule has 1 saturated heterocycles. The van der Waals surface area contributed by atoms with Gasteiger partial charge in [-0.3, -0.25) is 13.9 Å². The molecule has 0 amide bonds. The van der Waals surface area contributed by atoms with Crippen LogP contribution < -0.4 is 11.2 Å². The molecular weight excluding hydrogens is 258 g/mol. The predicted octanol–water partition coefficient (Wildman–Crippen LogP) is -0.470. The zero-order valence-electron chi connectivity index (χ0n) is 11.9. The van der Waals surface area contributed by atoms with E-state index in [1.54, 1.807) is 13.4 Å². The Balaban J connectivity index is 2.00. The Morgan fingerprint density at radius 3 is 2.50 bits per heavy atom. The van der Waals surface area contributed by atoms with Crippen LogP contribution in [-0.2, 0) is 20.6 Å². The fraction of sp³-hybridized carbons (Fsp3) is 0.615. The molecule has 0 aliphatic carbocycles. The summed E-state index contributed by atoms with van der Waals surface area (Å²) in [6.07, 6.45) is 4.16. The summed E-state index contributed by atoms with van der Waals surface area (Å²) in [6, 6.07) is 0. The summed E-state index contributed by atoms with van der Waals surface area (Å²) >= 11 is 0. The topological polar surface area (TPSA) is 65.1 Å². The number of nitrogens with zero attached hydrogens (tertiary/aromatic N) is 5. The first kappa shape index (κ1) is 13.1. The van der Waals surface area contributed by atoms with Crippen LogP contribution in [0.15, 0.2) is 15.9 Å². The van der Waals surface area contributed by atoms with Crippen LogP contribution in [0.25, 0.3) is 11.2 Å². The molecule has 20 heavy (non-hydrogen) atoms. The smallest absolute Gasteiger partial charge is 0.315 e. The number of aryl methyl sites for hydroxylation is 1. The lowest BCUT2D eigenvalue weighted by Crippen LogP contribution is -2.37. The van der Waals surface area contributed by atoms with Crippen molar-refractivity contribution < 1.29 is 0 Å². The first-order valence-electron chi connectivity index (χ1n) is 6.93. The molecular formula is C13H19N5O2. The van der Waals surface area contributed by atoms with Gasteiger partial charge in [-0.2, -0.15) is 0 Å². The van der Waals surface area contributed by atoms with E-state index in [1.165, 1.54) is 24.5 Å². The highest BCUT2D eigenvalue weighted by Crippen LogP contribution is 2.09. The molecule has 7 heteroatoms. The molecule has 108 valence electrons. The molecule has 3 heterocycles. The van der Waals surface area contributed by atoms with Crippen LogP contribution in [0.4, 0.5) is 0 Å². The number of hydrogen-bond donors (Lipinski definition) is 0. The van der Waals surface area contributed by atoms with E-state index in [4.69, 9.17) is 0 Å². The van der Waals surface area contributed by atoms with Crippen LogP contribution in [-0.4, -0.2) is 43.2 Å². The molecule has 2 aromatic heterocycles. The third-order valence-electron chi connectivity index (χ3n) is 4.06. The van der Waals surface area contributed by atoms with Gasteiger partial charge in [-0.15, -0.1) is 0 Å². The molecule has 0 N–H and O–H groups in total. The molecule has 3 rings (SSSR count). The summed E-state index contributed by atoms with van der Waals surface area (Å²) in [5, 5.41) is 0. The normalized spacial score (nSPS) is 16.3. The van der Waals surface area contributed by atoms with Crippen molar-refractivity contribution in [2.24, 2.45) is 14.1 Å². The molecule has 0 bridgehead atoms. The van der Waals surface area contributed by atoms with Gasteiger partial charge in [0.05, 0.1) is 6.33 Å². The molecule has 2 aromatic rings. The first-order valence-corrected chi connectivity index (χ1v) is 6.93. The van der Waals surface area contributed by atoms with E-state index in [2.05, 4.69) is 9.88 Å². The number of rotatable bonds is 3. The van der Waals surface area contributed by atoms with Crippen molar-refractivity contribution in [3.05, 3.63) is 27.2 Å². The summed E-state index contributed by atoms with van der Waals surface area (Å²) in [6.45, 7) is 3.94. The van der Waals surface area contributed by atoms with Gasteiger partial charge in [-0.25, -0.2) is 9.78 Å². The average molecular weight is 277 g/mol. The molecule has 0 aromatic carbocycles. The van der Waals surface area contributed by atoms with Gasteiger partial charge in [-0.05, 0) is 25.9 Å². The molecule has 7 nitrogen and oxygen atoms in total. The highest BCUT2D eigenvalue weighted by atomic mass is 16.2. The number of imidazole rings is 1. The van der Waals surface area contributed by atoms with E-state index < -0.39 is 0 Å². The van der Waals surface area contributed by atoms with Crippen molar-refractivity contribution in [1.29, 1.82) is 0 Å². The quantitative estimate of drug-likeness (QED) is 0.761. The number of hydrogen-bond acceptors (Lipinski definition) is 4. The van der Waals surface area contributed by atoms with Gasteiger partial charge in [-0.1, -0.05) is 0 Å². The Morgan fingerprint density at radius 2 is 1.80 bits per heavy atom. The minimum atomic E-state index is -0.331. The number of fused-ring (bicyclic) bond motifs is 1. The van der Waals surface area contributed by atoms with Crippen molar-refractivity contribution in [2.45, 2.75) is 19.4 Å². The van der Waals surface area contributed by atoms with Crippen LogP contribution >= 0.6 is 0 Å². The third-order valence-corrected chi connectivity index (χ3v) is 4.06. The Labute approximate surface area is 116 Å². The predicted molar refractivity (Wildman–Crippen MR) is 75.9 cm³/mol. The van der Waals surface area contributed by atoms with E-state index in [9.17, 15) is 9.59 Å². The van der Waals surface area contributed by atoms with Crippen molar-refractivity contribution in [2.75, 3.05) is 19.6 Å². The van der Waals surface area contributed by atoms with E-state index in [0.717, 1.165) is 30.7 Å². The molecule has 0 saturated carbocycles. The van der Waals surface area contributed by atoms with E-state index in [-0.39, 0.29) is 11.2 Å². The maximum Gasteiger partial charge on any atom is 0.332 e.